The van der Waals surface area contributed by atoms with E-state index in [1.54, 1.807) is 36.4 Å². The van der Waals surface area contributed by atoms with E-state index in [0.717, 1.165) is 5.56 Å². The van der Waals surface area contributed by atoms with E-state index in [9.17, 15) is 22.8 Å². The van der Waals surface area contributed by atoms with Crippen LogP contribution in [0, 0.1) is 12.8 Å². The summed E-state index contributed by atoms with van der Waals surface area (Å²) < 4.78 is 40.8. The molecule has 1 aliphatic rings. The number of hydrogen-bond acceptors (Lipinski definition) is 8. The molecule has 0 radical (unpaired) electrons. The molecule has 1 fully saturated rings. The second-order valence-corrected chi connectivity index (χ2v) is 10.3. The summed E-state index contributed by atoms with van der Waals surface area (Å²) in [5, 5.41) is 0. The summed E-state index contributed by atoms with van der Waals surface area (Å²) in [7, 11) is -4.02. The Morgan fingerprint density at radius 2 is 1.66 bits per heavy atom. The molecule has 1 atom stereocenters. The van der Waals surface area contributed by atoms with E-state index in [4.69, 9.17) is 13.7 Å². The van der Waals surface area contributed by atoms with Crippen LogP contribution in [-0.4, -0.2) is 45.8 Å². The van der Waals surface area contributed by atoms with Crippen molar-refractivity contribution in [3.63, 3.8) is 0 Å². The third-order valence-corrected chi connectivity index (χ3v) is 7.21. The van der Waals surface area contributed by atoms with Crippen LogP contribution in [0.25, 0.3) is 0 Å². The van der Waals surface area contributed by atoms with Gasteiger partial charge in [-0.15, -0.1) is 0 Å². The molecule has 198 valence electrons. The maximum absolute atomic E-state index is 12.6. The van der Waals surface area contributed by atoms with Gasteiger partial charge in [0.2, 0.25) is 5.91 Å². The molecule has 4 rings (SSSR count). The molecule has 0 N–H and O–H groups in total. The lowest BCUT2D eigenvalue weighted by Crippen LogP contribution is -2.27. The number of nitrogens with zero attached hydrogens (tertiary/aromatic N) is 1. The molecular formula is C28H27NO8S. The largest absolute Gasteiger partial charge is 0.492 e. The molecule has 0 unspecified atom stereocenters. The van der Waals surface area contributed by atoms with Gasteiger partial charge in [-0.3, -0.25) is 14.4 Å². The van der Waals surface area contributed by atoms with Gasteiger partial charge in [0, 0.05) is 18.5 Å². The zero-order valence-corrected chi connectivity index (χ0v) is 21.8. The average Bonchev–Trinajstić information content (AvgIpc) is 3.29. The van der Waals surface area contributed by atoms with Gasteiger partial charge in [-0.1, -0.05) is 29.8 Å². The SMILES string of the molecule is CCOc1ccccc1N1C[C@@H](C(=O)OCC(=O)c2ccc(OS(=O)(=O)c3ccc(C)cc3)cc2)CC1=O. The third-order valence-electron chi connectivity index (χ3n) is 5.95. The van der Waals surface area contributed by atoms with E-state index >= 15 is 0 Å². The number of esters is 1. The summed E-state index contributed by atoms with van der Waals surface area (Å²) in [4.78, 5) is 39.2. The number of para-hydroxylation sites is 2. The lowest BCUT2D eigenvalue weighted by Gasteiger charge is -2.19. The minimum absolute atomic E-state index is 0.0144. The van der Waals surface area contributed by atoms with E-state index < -0.39 is 34.4 Å². The Bertz CT molecular complexity index is 1430. The van der Waals surface area contributed by atoms with Gasteiger partial charge in [-0.25, -0.2) is 0 Å². The molecule has 0 aliphatic carbocycles. The Hall–Kier alpha value is -4.18. The van der Waals surface area contributed by atoms with Crippen LogP contribution in [0.4, 0.5) is 5.69 Å². The molecule has 10 heteroatoms. The van der Waals surface area contributed by atoms with Crippen molar-refractivity contribution in [1.29, 1.82) is 0 Å². The second kappa shape index (κ2) is 11.5. The Kier molecular flexibility index (Phi) is 8.11. The molecule has 0 saturated carbocycles. The lowest BCUT2D eigenvalue weighted by molar-refractivity contribution is -0.147. The first kappa shape index (κ1) is 26.9. The zero-order chi connectivity index (χ0) is 27.3. The highest BCUT2D eigenvalue weighted by Crippen LogP contribution is 2.33. The highest BCUT2D eigenvalue weighted by atomic mass is 32.2. The number of carbonyl (C=O) groups is 3. The number of ketones is 1. The third kappa shape index (κ3) is 6.20. The van der Waals surface area contributed by atoms with Crippen LogP contribution < -0.4 is 13.8 Å². The average molecular weight is 538 g/mol. The van der Waals surface area contributed by atoms with Gasteiger partial charge >= 0.3 is 16.1 Å². The fourth-order valence-corrected chi connectivity index (χ4v) is 4.90. The van der Waals surface area contributed by atoms with Gasteiger partial charge in [0.15, 0.2) is 12.4 Å². The van der Waals surface area contributed by atoms with E-state index in [0.29, 0.717) is 18.0 Å². The fraction of sp³-hybridized carbons (Fsp3) is 0.250. The van der Waals surface area contributed by atoms with Crippen LogP contribution >= 0.6 is 0 Å². The predicted octanol–water partition coefficient (Wildman–Crippen LogP) is 3.94. The highest BCUT2D eigenvalue weighted by molar-refractivity contribution is 7.87. The number of anilines is 1. The van der Waals surface area contributed by atoms with Crippen LogP contribution in [0.3, 0.4) is 0 Å². The van der Waals surface area contributed by atoms with Gasteiger partial charge in [-0.2, -0.15) is 8.42 Å². The molecule has 3 aromatic carbocycles. The second-order valence-electron chi connectivity index (χ2n) is 8.71. The zero-order valence-electron chi connectivity index (χ0n) is 21.0. The first-order valence-corrected chi connectivity index (χ1v) is 13.4. The number of rotatable bonds is 10. The van der Waals surface area contributed by atoms with Crippen LogP contribution in [0.2, 0.25) is 0 Å². The van der Waals surface area contributed by atoms with E-state index in [1.807, 2.05) is 13.8 Å². The van der Waals surface area contributed by atoms with Gasteiger partial charge < -0.3 is 18.6 Å². The summed E-state index contributed by atoms with van der Waals surface area (Å²) in [6.07, 6.45) is -0.0328. The van der Waals surface area contributed by atoms with Crippen LogP contribution in [0.1, 0.15) is 29.3 Å². The van der Waals surface area contributed by atoms with Crippen molar-refractivity contribution in [2.75, 3.05) is 24.7 Å². The minimum Gasteiger partial charge on any atom is -0.492 e. The van der Waals surface area contributed by atoms with Crippen LogP contribution in [-0.2, 0) is 24.4 Å². The van der Waals surface area contributed by atoms with E-state index in [1.165, 1.54) is 41.3 Å². The maximum Gasteiger partial charge on any atom is 0.339 e. The van der Waals surface area contributed by atoms with Crippen molar-refractivity contribution in [1.82, 2.24) is 0 Å². The molecule has 0 spiro atoms. The first-order valence-electron chi connectivity index (χ1n) is 12.0. The van der Waals surface area contributed by atoms with E-state index in [-0.39, 0.29) is 35.1 Å². The van der Waals surface area contributed by atoms with Crippen LogP contribution in [0.15, 0.2) is 77.7 Å². The molecule has 1 heterocycles. The van der Waals surface area contributed by atoms with Gasteiger partial charge in [-0.05, 0) is 62.4 Å². The number of Topliss-reactive ketones (excluding diaryl/α,β-unsaturated/α-hetero) is 1. The first-order chi connectivity index (χ1) is 18.2. The Labute approximate surface area is 221 Å². The number of ether oxygens (including phenoxy) is 2. The van der Waals surface area contributed by atoms with Crippen molar-refractivity contribution >= 4 is 33.5 Å². The molecule has 9 nitrogen and oxygen atoms in total. The number of benzene rings is 3. The number of carbonyl (C=O) groups excluding carboxylic acids is 3. The fourth-order valence-electron chi connectivity index (χ4n) is 3.97. The Morgan fingerprint density at radius 3 is 2.34 bits per heavy atom. The van der Waals surface area contributed by atoms with Crippen molar-refractivity contribution in [3.8, 4) is 11.5 Å². The molecule has 1 saturated heterocycles. The quantitative estimate of drug-likeness (QED) is 0.217. The van der Waals surface area contributed by atoms with E-state index in [2.05, 4.69) is 0 Å². The molecular weight excluding hydrogens is 510 g/mol. The molecule has 0 bridgehead atoms. The number of aryl methyl sites for hydroxylation is 1. The molecule has 0 aromatic heterocycles. The number of amides is 1. The molecule has 1 aliphatic heterocycles. The smallest absolute Gasteiger partial charge is 0.339 e. The predicted molar refractivity (Wildman–Crippen MR) is 139 cm³/mol. The number of hydrogen-bond donors (Lipinski definition) is 0. The summed E-state index contributed by atoms with van der Waals surface area (Å²) in [6, 6.07) is 18.8. The Balaban J connectivity index is 1.32. The molecule has 1 amide bonds. The standard InChI is InChI=1S/C28H27NO8S/c1-3-35-26-7-5-4-6-24(26)29-17-21(16-27(29)31)28(32)36-18-25(30)20-10-12-22(13-11-20)37-38(33,34)23-14-8-19(2)9-15-23/h4-15,21H,3,16-18H2,1-2H3/t21-/m0/s1. The summed E-state index contributed by atoms with van der Waals surface area (Å²) in [6.45, 7) is 3.73. The maximum atomic E-state index is 12.6. The monoisotopic (exact) mass is 537 g/mol. The summed E-state index contributed by atoms with van der Waals surface area (Å²) in [5.74, 6) is -1.49. The highest BCUT2D eigenvalue weighted by Gasteiger charge is 2.37. The molecule has 38 heavy (non-hydrogen) atoms. The van der Waals surface area contributed by atoms with Crippen molar-refractivity contribution in [2.24, 2.45) is 5.92 Å². The lowest BCUT2D eigenvalue weighted by atomic mass is 10.1. The molecule has 3 aromatic rings. The van der Waals surface area contributed by atoms with Crippen molar-refractivity contribution in [3.05, 3.63) is 83.9 Å². The van der Waals surface area contributed by atoms with Gasteiger partial charge in [0.1, 0.15) is 16.4 Å². The van der Waals surface area contributed by atoms with Gasteiger partial charge in [0.25, 0.3) is 0 Å². The normalized spacial score (nSPS) is 15.3. The van der Waals surface area contributed by atoms with Crippen LogP contribution in [0.5, 0.6) is 11.5 Å². The Morgan fingerprint density at radius 1 is 0.974 bits per heavy atom. The summed E-state index contributed by atoms with van der Waals surface area (Å²) in [5.41, 5.74) is 1.71. The minimum atomic E-state index is -4.02. The topological polar surface area (TPSA) is 116 Å². The van der Waals surface area contributed by atoms with Gasteiger partial charge in [0.05, 0.1) is 18.2 Å². The van der Waals surface area contributed by atoms with Crippen molar-refractivity contribution in [2.45, 2.75) is 25.2 Å². The van der Waals surface area contributed by atoms with Crippen molar-refractivity contribution < 1.29 is 36.5 Å². The summed E-state index contributed by atoms with van der Waals surface area (Å²) >= 11 is 0.